The van der Waals surface area contributed by atoms with E-state index in [0.717, 1.165) is 0 Å². The van der Waals surface area contributed by atoms with Crippen LogP contribution in [-0.2, 0) is 0 Å². The van der Waals surface area contributed by atoms with Gasteiger partial charge >= 0.3 is 0 Å². The molecule has 0 saturated carbocycles. The molecule has 2 aromatic carbocycles. The highest BCUT2D eigenvalue weighted by Gasteiger charge is 2.12. The fraction of sp³-hybridized carbons (Fsp3) is 0.0714. The molecule has 0 spiro atoms. The number of anilines is 3. The normalized spacial score (nSPS) is 10.2. The number of hydrogen-bond donors (Lipinski definition) is 3. The Balaban J connectivity index is 2.40. The van der Waals surface area contributed by atoms with Gasteiger partial charge in [0.2, 0.25) is 0 Å². The van der Waals surface area contributed by atoms with Crippen LogP contribution in [0.1, 0.15) is 10.4 Å². The summed E-state index contributed by atoms with van der Waals surface area (Å²) in [5, 5.41) is 6.69. The Bertz CT molecular complexity index is 659. The molecule has 4 nitrogen and oxygen atoms in total. The zero-order valence-electron chi connectivity index (χ0n) is 10.7. The van der Waals surface area contributed by atoms with Gasteiger partial charge in [-0.2, -0.15) is 0 Å². The smallest absolute Gasteiger partial charge is 0.253 e. The molecule has 0 radical (unpaired) electrons. The quantitative estimate of drug-likeness (QED) is 0.758. The molecule has 0 heterocycles. The molecule has 2 rings (SSSR count). The first-order valence-electron chi connectivity index (χ1n) is 5.85. The Morgan fingerprint density at radius 3 is 2.45 bits per heavy atom. The van der Waals surface area contributed by atoms with Gasteiger partial charge < -0.3 is 16.4 Å². The van der Waals surface area contributed by atoms with Gasteiger partial charge in [0.05, 0.1) is 22.0 Å². The maximum Gasteiger partial charge on any atom is 0.253 e. The van der Waals surface area contributed by atoms with Crippen molar-refractivity contribution in [3.63, 3.8) is 0 Å². The van der Waals surface area contributed by atoms with Gasteiger partial charge in [0.15, 0.2) is 0 Å². The molecule has 0 atom stereocenters. The number of nitrogens with two attached hydrogens (primary N) is 1. The Hall–Kier alpha value is -1.91. The van der Waals surface area contributed by atoms with Crippen LogP contribution in [0.2, 0.25) is 10.0 Å². The van der Waals surface area contributed by atoms with Gasteiger partial charge in [-0.3, -0.25) is 4.79 Å². The molecule has 20 heavy (non-hydrogen) atoms. The highest BCUT2D eigenvalue weighted by atomic mass is 35.5. The zero-order chi connectivity index (χ0) is 14.7. The van der Waals surface area contributed by atoms with Crippen LogP contribution in [-0.4, -0.2) is 13.0 Å². The number of nitrogen functional groups attached to an aromatic ring is 1. The van der Waals surface area contributed by atoms with E-state index in [1.54, 1.807) is 43.4 Å². The van der Waals surface area contributed by atoms with Gasteiger partial charge in [-0.05, 0) is 36.4 Å². The Morgan fingerprint density at radius 1 is 1.10 bits per heavy atom. The lowest BCUT2D eigenvalue weighted by Gasteiger charge is -2.13. The lowest BCUT2D eigenvalue weighted by molar-refractivity contribution is 0.0964. The number of halogens is 2. The summed E-state index contributed by atoms with van der Waals surface area (Å²) in [6, 6.07) is 10.1. The van der Waals surface area contributed by atoms with E-state index < -0.39 is 0 Å². The lowest BCUT2D eigenvalue weighted by atomic mass is 10.1. The van der Waals surface area contributed by atoms with Crippen LogP contribution >= 0.6 is 23.2 Å². The number of amides is 1. The van der Waals surface area contributed by atoms with E-state index in [9.17, 15) is 4.79 Å². The molecule has 4 N–H and O–H groups in total. The molecule has 0 fully saturated rings. The number of rotatable bonds is 3. The molecule has 0 aromatic heterocycles. The summed E-state index contributed by atoms with van der Waals surface area (Å²) in [6.07, 6.45) is 0. The molecular weight excluding hydrogens is 297 g/mol. The third-order valence-electron chi connectivity index (χ3n) is 2.72. The summed E-state index contributed by atoms with van der Waals surface area (Å²) >= 11 is 12.0. The summed E-state index contributed by atoms with van der Waals surface area (Å²) in [5.74, 6) is -0.232. The Labute approximate surface area is 126 Å². The second kappa shape index (κ2) is 6.03. The SMILES string of the molecule is CNC(=O)c1cc(N)ccc1Nc1ccc(Cl)cc1Cl. The second-order valence-corrected chi connectivity index (χ2v) is 4.98. The average molecular weight is 310 g/mol. The van der Waals surface area contributed by atoms with Gasteiger partial charge in [0.25, 0.3) is 5.91 Å². The van der Waals surface area contributed by atoms with Crippen molar-refractivity contribution in [3.05, 3.63) is 52.0 Å². The maximum atomic E-state index is 11.9. The largest absolute Gasteiger partial charge is 0.399 e. The lowest BCUT2D eigenvalue weighted by Crippen LogP contribution is -2.19. The molecule has 6 heteroatoms. The highest BCUT2D eigenvalue weighted by molar-refractivity contribution is 6.36. The van der Waals surface area contributed by atoms with Crippen LogP contribution in [0, 0.1) is 0 Å². The molecule has 0 unspecified atom stereocenters. The number of nitrogens with one attached hydrogen (secondary N) is 2. The third-order valence-corrected chi connectivity index (χ3v) is 3.26. The summed E-state index contributed by atoms with van der Waals surface area (Å²) in [6.45, 7) is 0. The van der Waals surface area contributed by atoms with Crippen LogP contribution in [0.15, 0.2) is 36.4 Å². The minimum absolute atomic E-state index is 0.232. The Morgan fingerprint density at radius 2 is 1.80 bits per heavy atom. The van der Waals surface area contributed by atoms with Crippen molar-refractivity contribution in [2.24, 2.45) is 0 Å². The summed E-state index contributed by atoms with van der Waals surface area (Å²) in [5.41, 5.74) is 7.94. The predicted octanol–water partition coefficient (Wildman–Crippen LogP) is 3.68. The van der Waals surface area contributed by atoms with Gasteiger partial charge in [-0.15, -0.1) is 0 Å². The molecule has 2 aromatic rings. The van der Waals surface area contributed by atoms with Crippen LogP contribution < -0.4 is 16.4 Å². The minimum atomic E-state index is -0.232. The maximum absolute atomic E-state index is 11.9. The fourth-order valence-electron chi connectivity index (χ4n) is 1.73. The topological polar surface area (TPSA) is 67.2 Å². The number of carbonyl (C=O) groups excluding carboxylic acids is 1. The molecule has 0 aliphatic carbocycles. The summed E-state index contributed by atoms with van der Waals surface area (Å²) in [4.78, 5) is 11.9. The van der Waals surface area contributed by atoms with E-state index in [1.165, 1.54) is 0 Å². The first-order chi connectivity index (χ1) is 9.51. The van der Waals surface area contributed by atoms with Crippen molar-refractivity contribution in [1.29, 1.82) is 0 Å². The van der Waals surface area contributed by atoms with Crippen molar-refractivity contribution < 1.29 is 4.79 Å². The monoisotopic (exact) mass is 309 g/mol. The first-order valence-corrected chi connectivity index (χ1v) is 6.60. The van der Waals surface area contributed by atoms with Crippen molar-refractivity contribution in [1.82, 2.24) is 5.32 Å². The fourth-order valence-corrected chi connectivity index (χ4v) is 2.19. The second-order valence-electron chi connectivity index (χ2n) is 4.13. The standard InChI is InChI=1S/C14H13Cl2N3O/c1-18-14(20)10-7-9(17)3-5-12(10)19-13-4-2-8(15)6-11(13)16/h2-7,19H,17H2,1H3,(H,18,20). The average Bonchev–Trinajstić information content (AvgIpc) is 2.42. The molecule has 0 saturated heterocycles. The molecular formula is C14H13Cl2N3O. The predicted molar refractivity (Wildman–Crippen MR) is 84.0 cm³/mol. The van der Waals surface area contributed by atoms with E-state index in [0.29, 0.717) is 32.7 Å². The van der Waals surface area contributed by atoms with Crippen LogP contribution in [0.5, 0.6) is 0 Å². The summed E-state index contributed by atoms with van der Waals surface area (Å²) in [7, 11) is 1.56. The van der Waals surface area contributed by atoms with E-state index >= 15 is 0 Å². The minimum Gasteiger partial charge on any atom is -0.399 e. The number of hydrogen-bond acceptors (Lipinski definition) is 3. The number of carbonyl (C=O) groups is 1. The Kier molecular flexibility index (Phi) is 4.37. The highest BCUT2D eigenvalue weighted by Crippen LogP contribution is 2.30. The molecule has 104 valence electrons. The van der Waals surface area contributed by atoms with Gasteiger partial charge in [0, 0.05) is 17.8 Å². The molecule has 0 aliphatic rings. The van der Waals surface area contributed by atoms with E-state index in [2.05, 4.69) is 10.6 Å². The van der Waals surface area contributed by atoms with Crippen molar-refractivity contribution in [2.75, 3.05) is 18.1 Å². The molecule has 0 aliphatic heterocycles. The van der Waals surface area contributed by atoms with E-state index in [-0.39, 0.29) is 5.91 Å². The van der Waals surface area contributed by atoms with E-state index in [4.69, 9.17) is 28.9 Å². The molecule has 1 amide bonds. The molecule has 0 bridgehead atoms. The first kappa shape index (κ1) is 14.5. The van der Waals surface area contributed by atoms with E-state index in [1.807, 2.05) is 0 Å². The van der Waals surface area contributed by atoms with Crippen molar-refractivity contribution in [2.45, 2.75) is 0 Å². The van der Waals surface area contributed by atoms with Gasteiger partial charge in [-0.1, -0.05) is 23.2 Å². The van der Waals surface area contributed by atoms with Crippen LogP contribution in [0.25, 0.3) is 0 Å². The van der Waals surface area contributed by atoms with Gasteiger partial charge in [0.1, 0.15) is 0 Å². The van der Waals surface area contributed by atoms with Gasteiger partial charge in [-0.25, -0.2) is 0 Å². The van der Waals surface area contributed by atoms with Crippen LogP contribution in [0.4, 0.5) is 17.1 Å². The van der Waals surface area contributed by atoms with Crippen molar-refractivity contribution >= 4 is 46.2 Å². The van der Waals surface area contributed by atoms with Crippen LogP contribution in [0.3, 0.4) is 0 Å². The third kappa shape index (κ3) is 3.15. The number of benzene rings is 2. The summed E-state index contributed by atoms with van der Waals surface area (Å²) < 4.78 is 0. The van der Waals surface area contributed by atoms with Crippen molar-refractivity contribution in [3.8, 4) is 0 Å². The zero-order valence-corrected chi connectivity index (χ0v) is 12.2.